The van der Waals surface area contributed by atoms with Gasteiger partial charge in [-0.25, -0.2) is 9.18 Å². The fourth-order valence-electron chi connectivity index (χ4n) is 2.41. The van der Waals surface area contributed by atoms with Gasteiger partial charge in [-0.15, -0.1) is 0 Å². The molecule has 2 aromatic carbocycles. The summed E-state index contributed by atoms with van der Waals surface area (Å²) in [4.78, 5) is 13.9. The third-order valence-corrected chi connectivity index (χ3v) is 3.48. The number of nitrogens with zero attached hydrogens (tertiary/aromatic N) is 1. The molecule has 0 unspecified atom stereocenters. The molecule has 0 atom stereocenters. The number of hydrogen-bond donors (Lipinski definition) is 1. The van der Waals surface area contributed by atoms with E-state index in [2.05, 4.69) is 5.32 Å². The predicted octanol–water partition coefficient (Wildman–Crippen LogP) is 3.57. The average molecular weight is 282 g/mol. The Bertz CT molecular complexity index is 679. The van der Waals surface area contributed by atoms with Crippen molar-refractivity contribution in [3.8, 4) is 0 Å². The molecule has 0 saturated heterocycles. The smallest absolute Gasteiger partial charge is 0.314 e. The number of carbonyl (C=O) groups is 1. The second-order valence-electron chi connectivity index (χ2n) is 4.86. The number of carbonyl (C=O) groups excluding carboxylic acids is 1. The van der Waals surface area contributed by atoms with E-state index in [0.717, 1.165) is 17.7 Å². The number of halogens is 1. The first kappa shape index (κ1) is 13.4. The maximum absolute atomic E-state index is 12.8. The molecule has 2 aromatic rings. The zero-order chi connectivity index (χ0) is 14.7. The van der Waals surface area contributed by atoms with E-state index in [1.807, 2.05) is 24.3 Å². The fourth-order valence-corrected chi connectivity index (χ4v) is 2.41. The van der Waals surface area contributed by atoms with Gasteiger partial charge in [0.05, 0.1) is 0 Å². The highest BCUT2D eigenvalue weighted by Gasteiger charge is 2.23. The molecule has 1 aliphatic rings. The molecule has 2 amide bonds. The second-order valence-corrected chi connectivity index (χ2v) is 4.86. The Hall–Kier alpha value is -2.62. The molecule has 1 N–H and O–H groups in total. The van der Waals surface area contributed by atoms with Crippen LogP contribution in [0.1, 0.15) is 11.1 Å². The van der Waals surface area contributed by atoms with Crippen molar-refractivity contribution in [2.24, 2.45) is 0 Å². The summed E-state index contributed by atoms with van der Waals surface area (Å²) in [5.74, 6) is -0.273. The van der Waals surface area contributed by atoms with Crippen LogP contribution in [0.3, 0.4) is 0 Å². The molecule has 106 valence electrons. The van der Waals surface area contributed by atoms with Crippen LogP contribution in [0.2, 0.25) is 0 Å². The Balaban J connectivity index is 1.64. The standard InChI is InChI=1S/C17H15FN2O/c18-15-7-5-13(6-8-15)9-11-19-17(21)20-12-10-14-3-1-2-4-16(14)20/h1-9,11H,10,12H2,(H,19,21)/b11-9+. The van der Waals surface area contributed by atoms with Crippen LogP contribution < -0.4 is 10.2 Å². The molecule has 0 spiro atoms. The molecule has 1 heterocycles. The van der Waals surface area contributed by atoms with E-state index in [0.29, 0.717) is 6.54 Å². The number of urea groups is 1. The summed E-state index contributed by atoms with van der Waals surface area (Å²) in [6, 6.07) is 13.8. The topological polar surface area (TPSA) is 32.3 Å². The number of nitrogens with one attached hydrogen (secondary N) is 1. The zero-order valence-electron chi connectivity index (χ0n) is 11.4. The van der Waals surface area contributed by atoms with Gasteiger partial charge in [-0.2, -0.15) is 0 Å². The lowest BCUT2D eigenvalue weighted by Crippen LogP contribution is -2.36. The Morgan fingerprint density at radius 3 is 2.71 bits per heavy atom. The minimum Gasteiger partial charge on any atom is -0.314 e. The summed E-state index contributed by atoms with van der Waals surface area (Å²) in [5.41, 5.74) is 2.99. The molecule has 0 fully saturated rings. The van der Waals surface area contributed by atoms with Crippen LogP contribution in [0.15, 0.2) is 54.7 Å². The number of anilines is 1. The van der Waals surface area contributed by atoms with Crippen molar-refractivity contribution in [2.45, 2.75) is 6.42 Å². The van der Waals surface area contributed by atoms with Gasteiger partial charge < -0.3 is 5.32 Å². The number of hydrogen-bond acceptors (Lipinski definition) is 1. The Morgan fingerprint density at radius 2 is 1.90 bits per heavy atom. The normalized spacial score (nSPS) is 13.5. The molecular formula is C17H15FN2O. The van der Waals surface area contributed by atoms with E-state index in [1.54, 1.807) is 29.3 Å². The van der Waals surface area contributed by atoms with Crippen LogP contribution in [0, 0.1) is 5.82 Å². The van der Waals surface area contributed by atoms with Gasteiger partial charge in [0.2, 0.25) is 0 Å². The SMILES string of the molecule is O=C(N/C=C/c1ccc(F)cc1)N1CCc2ccccc21. The van der Waals surface area contributed by atoms with Crippen LogP contribution in [-0.4, -0.2) is 12.6 Å². The van der Waals surface area contributed by atoms with Gasteiger partial charge in [0.25, 0.3) is 0 Å². The zero-order valence-corrected chi connectivity index (χ0v) is 11.4. The highest BCUT2D eigenvalue weighted by Crippen LogP contribution is 2.27. The van der Waals surface area contributed by atoms with E-state index in [-0.39, 0.29) is 11.8 Å². The van der Waals surface area contributed by atoms with Crippen LogP contribution in [0.25, 0.3) is 6.08 Å². The first-order chi connectivity index (χ1) is 10.2. The molecule has 0 saturated carbocycles. The van der Waals surface area contributed by atoms with Gasteiger partial charge >= 0.3 is 6.03 Å². The first-order valence-electron chi connectivity index (χ1n) is 6.82. The van der Waals surface area contributed by atoms with Crippen molar-refractivity contribution >= 4 is 17.8 Å². The molecule has 4 heteroatoms. The maximum atomic E-state index is 12.8. The largest absolute Gasteiger partial charge is 0.325 e. The molecule has 1 aliphatic heterocycles. The molecule has 0 radical (unpaired) electrons. The van der Waals surface area contributed by atoms with Crippen LogP contribution in [-0.2, 0) is 6.42 Å². The average Bonchev–Trinajstić information content (AvgIpc) is 2.93. The van der Waals surface area contributed by atoms with Crippen molar-refractivity contribution in [1.82, 2.24) is 5.32 Å². The van der Waals surface area contributed by atoms with Crippen molar-refractivity contribution in [1.29, 1.82) is 0 Å². The third kappa shape index (κ3) is 2.94. The van der Waals surface area contributed by atoms with Crippen molar-refractivity contribution in [3.05, 3.63) is 71.7 Å². The molecule has 21 heavy (non-hydrogen) atoms. The monoisotopic (exact) mass is 282 g/mol. The van der Waals surface area contributed by atoms with Crippen LogP contribution in [0.4, 0.5) is 14.9 Å². The Morgan fingerprint density at radius 1 is 1.14 bits per heavy atom. The third-order valence-electron chi connectivity index (χ3n) is 3.48. The van der Waals surface area contributed by atoms with Crippen molar-refractivity contribution in [3.63, 3.8) is 0 Å². The Kier molecular flexibility index (Phi) is 3.69. The summed E-state index contributed by atoms with van der Waals surface area (Å²) in [6.45, 7) is 0.690. The summed E-state index contributed by atoms with van der Waals surface area (Å²) >= 11 is 0. The van der Waals surface area contributed by atoms with Gasteiger partial charge in [0.15, 0.2) is 0 Å². The highest BCUT2D eigenvalue weighted by atomic mass is 19.1. The van der Waals surface area contributed by atoms with Crippen molar-refractivity contribution in [2.75, 3.05) is 11.4 Å². The summed E-state index contributed by atoms with van der Waals surface area (Å²) in [7, 11) is 0. The number of benzene rings is 2. The Labute approximate surface area is 122 Å². The molecule has 3 rings (SSSR count). The lowest BCUT2D eigenvalue weighted by molar-refractivity contribution is 0.250. The lowest BCUT2D eigenvalue weighted by atomic mass is 10.2. The minimum absolute atomic E-state index is 0.154. The first-order valence-corrected chi connectivity index (χ1v) is 6.82. The number of rotatable bonds is 2. The second kappa shape index (κ2) is 5.79. The summed E-state index contributed by atoms with van der Waals surface area (Å²) < 4.78 is 12.8. The van der Waals surface area contributed by atoms with Gasteiger partial charge in [-0.3, -0.25) is 4.90 Å². The van der Waals surface area contributed by atoms with E-state index >= 15 is 0 Å². The van der Waals surface area contributed by atoms with Crippen molar-refractivity contribution < 1.29 is 9.18 Å². The molecule has 0 aliphatic carbocycles. The number of amides is 2. The van der Waals surface area contributed by atoms with Gasteiger partial charge in [0.1, 0.15) is 5.82 Å². The molecule has 0 aromatic heterocycles. The van der Waals surface area contributed by atoms with E-state index < -0.39 is 0 Å². The summed E-state index contributed by atoms with van der Waals surface area (Å²) in [5, 5.41) is 2.74. The molecule has 3 nitrogen and oxygen atoms in total. The van der Waals surface area contributed by atoms with E-state index in [4.69, 9.17) is 0 Å². The molecule has 0 bridgehead atoms. The van der Waals surface area contributed by atoms with Crippen LogP contribution >= 0.6 is 0 Å². The van der Waals surface area contributed by atoms with Gasteiger partial charge in [-0.1, -0.05) is 30.3 Å². The van der Waals surface area contributed by atoms with E-state index in [9.17, 15) is 9.18 Å². The number of fused-ring (bicyclic) bond motifs is 1. The van der Waals surface area contributed by atoms with Crippen LogP contribution in [0.5, 0.6) is 0 Å². The molecular weight excluding hydrogens is 267 g/mol. The minimum atomic E-state index is -0.273. The predicted molar refractivity (Wildman–Crippen MR) is 81.5 cm³/mol. The maximum Gasteiger partial charge on any atom is 0.325 e. The quantitative estimate of drug-likeness (QED) is 0.897. The van der Waals surface area contributed by atoms with Gasteiger partial charge in [-0.05, 0) is 41.8 Å². The number of para-hydroxylation sites is 1. The summed E-state index contributed by atoms with van der Waals surface area (Å²) in [6.07, 6.45) is 4.20. The lowest BCUT2D eigenvalue weighted by Gasteiger charge is -2.16. The highest BCUT2D eigenvalue weighted by molar-refractivity contribution is 5.95. The van der Waals surface area contributed by atoms with E-state index in [1.165, 1.54) is 17.7 Å². The van der Waals surface area contributed by atoms with Gasteiger partial charge in [0, 0.05) is 18.4 Å². The fraction of sp³-hybridized carbons (Fsp3) is 0.118.